The Balaban J connectivity index is 1.91. The number of nitrogens with one attached hydrogen (secondary N) is 2. The van der Waals surface area contributed by atoms with Crippen LogP contribution in [0.3, 0.4) is 0 Å². The van der Waals surface area contributed by atoms with Gasteiger partial charge in [-0.3, -0.25) is 4.79 Å². The van der Waals surface area contributed by atoms with Gasteiger partial charge in [-0.1, -0.05) is 11.6 Å². The molecule has 5 heteroatoms. The lowest BCUT2D eigenvalue weighted by atomic mass is 10.1. The molecule has 0 radical (unpaired) electrons. The van der Waals surface area contributed by atoms with Crippen LogP contribution in [0.5, 0.6) is 0 Å². The molecule has 0 atom stereocenters. The van der Waals surface area contributed by atoms with Crippen LogP contribution in [0.4, 0.5) is 5.69 Å². The van der Waals surface area contributed by atoms with Gasteiger partial charge in [0, 0.05) is 45.5 Å². The number of aryl methyl sites for hydroxylation is 1. The van der Waals surface area contributed by atoms with Gasteiger partial charge in [-0.15, -0.1) is 0 Å². The minimum absolute atomic E-state index is 0.0131. The van der Waals surface area contributed by atoms with E-state index in [2.05, 4.69) is 27.7 Å². The van der Waals surface area contributed by atoms with Crippen molar-refractivity contribution in [1.29, 1.82) is 0 Å². The zero-order valence-electron chi connectivity index (χ0n) is 13.7. The first-order chi connectivity index (χ1) is 10.7. The van der Waals surface area contributed by atoms with Crippen LogP contribution in [-0.4, -0.2) is 52.3 Å². The van der Waals surface area contributed by atoms with Gasteiger partial charge in [-0.25, -0.2) is 0 Å². The maximum atomic E-state index is 12.5. The maximum absolute atomic E-state index is 12.5. The molecule has 0 spiro atoms. The highest BCUT2D eigenvalue weighted by Crippen LogP contribution is 2.25. The number of anilines is 1. The maximum Gasteiger partial charge on any atom is 0.253 e. The van der Waals surface area contributed by atoms with E-state index >= 15 is 0 Å². The number of ether oxygens (including phenoxy) is 1. The van der Waals surface area contributed by atoms with Crippen LogP contribution >= 0.6 is 0 Å². The quantitative estimate of drug-likeness (QED) is 0.716. The summed E-state index contributed by atoms with van der Waals surface area (Å²) in [5.41, 5.74) is 2.97. The molecule has 122 valence electrons. The number of amides is 1. The Labute approximate surface area is 133 Å². The number of methoxy groups -OCH3 is 1. The second kappa shape index (κ2) is 8.76. The molecular weight excluding hydrogens is 278 g/mol. The van der Waals surface area contributed by atoms with Crippen molar-refractivity contribution in [2.75, 3.05) is 51.3 Å². The van der Waals surface area contributed by atoms with Gasteiger partial charge in [0.2, 0.25) is 0 Å². The molecule has 1 amide bonds. The second-order valence-electron chi connectivity index (χ2n) is 5.71. The van der Waals surface area contributed by atoms with Crippen molar-refractivity contribution in [2.24, 2.45) is 0 Å². The first-order valence-electron chi connectivity index (χ1n) is 8.06. The molecule has 1 aliphatic rings. The first-order valence-corrected chi connectivity index (χ1v) is 8.06. The van der Waals surface area contributed by atoms with E-state index in [1.54, 1.807) is 7.11 Å². The van der Waals surface area contributed by atoms with Crippen LogP contribution in [-0.2, 0) is 4.74 Å². The second-order valence-corrected chi connectivity index (χ2v) is 5.71. The molecule has 0 aliphatic carbocycles. The molecule has 2 rings (SSSR count). The van der Waals surface area contributed by atoms with E-state index in [-0.39, 0.29) is 5.91 Å². The Morgan fingerprint density at radius 1 is 1.23 bits per heavy atom. The lowest BCUT2D eigenvalue weighted by Gasteiger charge is -2.21. The van der Waals surface area contributed by atoms with Gasteiger partial charge in [-0.2, -0.15) is 0 Å². The summed E-state index contributed by atoms with van der Waals surface area (Å²) in [5, 5.41) is 6.22. The Morgan fingerprint density at radius 3 is 2.73 bits per heavy atom. The van der Waals surface area contributed by atoms with E-state index in [0.29, 0.717) is 13.2 Å². The molecule has 1 saturated heterocycles. The SMILES string of the molecule is COCCNCCNC(=O)c1cc(C)ccc1N1CCCC1. The molecule has 1 heterocycles. The van der Waals surface area contributed by atoms with Crippen molar-refractivity contribution in [1.82, 2.24) is 10.6 Å². The summed E-state index contributed by atoms with van der Waals surface area (Å²) in [7, 11) is 1.68. The molecule has 0 unspecified atom stereocenters. The topological polar surface area (TPSA) is 53.6 Å². The third kappa shape index (κ3) is 4.71. The first kappa shape index (κ1) is 16.8. The van der Waals surface area contributed by atoms with Crippen molar-refractivity contribution < 1.29 is 9.53 Å². The molecule has 0 aromatic heterocycles. The standard InChI is InChI=1S/C17H27N3O2/c1-14-5-6-16(20-10-3-4-11-20)15(13-14)17(21)19-8-7-18-9-12-22-2/h5-6,13,18H,3-4,7-12H2,1-2H3,(H,19,21). The molecule has 1 fully saturated rings. The van der Waals surface area contributed by atoms with Gasteiger partial charge in [0.25, 0.3) is 5.91 Å². The van der Waals surface area contributed by atoms with Crippen LogP contribution in [0, 0.1) is 6.92 Å². The van der Waals surface area contributed by atoms with E-state index < -0.39 is 0 Å². The Kier molecular flexibility index (Phi) is 6.68. The molecule has 0 bridgehead atoms. The van der Waals surface area contributed by atoms with E-state index in [1.165, 1.54) is 12.8 Å². The number of carbonyl (C=O) groups excluding carboxylic acids is 1. The van der Waals surface area contributed by atoms with Crippen LogP contribution in [0.2, 0.25) is 0 Å². The fourth-order valence-corrected chi connectivity index (χ4v) is 2.72. The van der Waals surface area contributed by atoms with Gasteiger partial charge in [0.1, 0.15) is 0 Å². The summed E-state index contributed by atoms with van der Waals surface area (Å²) in [6, 6.07) is 6.14. The van der Waals surface area contributed by atoms with Gasteiger partial charge in [-0.05, 0) is 31.9 Å². The fourth-order valence-electron chi connectivity index (χ4n) is 2.72. The van der Waals surface area contributed by atoms with Gasteiger partial charge in [0.05, 0.1) is 12.2 Å². The van der Waals surface area contributed by atoms with E-state index in [9.17, 15) is 4.79 Å². The van der Waals surface area contributed by atoms with Crippen molar-refractivity contribution in [3.8, 4) is 0 Å². The van der Waals surface area contributed by atoms with Crippen LogP contribution < -0.4 is 15.5 Å². The largest absolute Gasteiger partial charge is 0.383 e. The number of hydrogen-bond donors (Lipinski definition) is 2. The Morgan fingerprint density at radius 2 is 2.00 bits per heavy atom. The van der Waals surface area contributed by atoms with Gasteiger partial charge >= 0.3 is 0 Å². The molecule has 2 N–H and O–H groups in total. The highest BCUT2D eigenvalue weighted by atomic mass is 16.5. The zero-order chi connectivity index (χ0) is 15.8. The third-order valence-corrected chi connectivity index (χ3v) is 3.91. The average Bonchev–Trinajstić information content (AvgIpc) is 3.04. The van der Waals surface area contributed by atoms with E-state index in [1.807, 2.05) is 13.0 Å². The minimum Gasteiger partial charge on any atom is -0.383 e. The van der Waals surface area contributed by atoms with Crippen LogP contribution in [0.15, 0.2) is 18.2 Å². The number of benzene rings is 1. The van der Waals surface area contributed by atoms with Gasteiger partial charge in [0.15, 0.2) is 0 Å². The number of hydrogen-bond acceptors (Lipinski definition) is 4. The fraction of sp³-hybridized carbons (Fsp3) is 0.588. The lowest BCUT2D eigenvalue weighted by Crippen LogP contribution is -2.34. The van der Waals surface area contributed by atoms with Crippen molar-refractivity contribution in [3.05, 3.63) is 29.3 Å². The van der Waals surface area contributed by atoms with Crippen LogP contribution in [0.25, 0.3) is 0 Å². The summed E-state index contributed by atoms with van der Waals surface area (Å²) in [4.78, 5) is 14.8. The van der Waals surface area contributed by atoms with Crippen LogP contribution in [0.1, 0.15) is 28.8 Å². The average molecular weight is 305 g/mol. The monoisotopic (exact) mass is 305 g/mol. The Hall–Kier alpha value is -1.59. The molecular formula is C17H27N3O2. The smallest absolute Gasteiger partial charge is 0.253 e. The number of carbonyl (C=O) groups is 1. The summed E-state index contributed by atoms with van der Waals surface area (Å²) in [5.74, 6) is 0.0131. The predicted octanol–water partition coefficient (Wildman–Crippen LogP) is 1.56. The summed E-state index contributed by atoms with van der Waals surface area (Å²) in [6.45, 7) is 6.97. The van der Waals surface area contributed by atoms with E-state index in [4.69, 9.17) is 4.74 Å². The Bertz CT molecular complexity index is 485. The summed E-state index contributed by atoms with van der Waals surface area (Å²) in [6.07, 6.45) is 2.41. The molecule has 22 heavy (non-hydrogen) atoms. The van der Waals surface area contributed by atoms with Crippen molar-refractivity contribution in [2.45, 2.75) is 19.8 Å². The third-order valence-electron chi connectivity index (χ3n) is 3.91. The van der Waals surface area contributed by atoms with Gasteiger partial charge < -0.3 is 20.3 Å². The normalized spacial score (nSPS) is 14.4. The summed E-state index contributed by atoms with van der Waals surface area (Å²) < 4.78 is 4.97. The highest BCUT2D eigenvalue weighted by molar-refractivity contribution is 6.00. The molecule has 1 aromatic rings. The molecule has 1 aliphatic heterocycles. The minimum atomic E-state index is 0.0131. The number of rotatable bonds is 8. The molecule has 5 nitrogen and oxygen atoms in total. The predicted molar refractivity (Wildman–Crippen MR) is 89.7 cm³/mol. The van der Waals surface area contributed by atoms with Crippen molar-refractivity contribution in [3.63, 3.8) is 0 Å². The molecule has 1 aromatic carbocycles. The highest BCUT2D eigenvalue weighted by Gasteiger charge is 2.19. The van der Waals surface area contributed by atoms with Crippen molar-refractivity contribution >= 4 is 11.6 Å². The summed E-state index contributed by atoms with van der Waals surface area (Å²) >= 11 is 0. The number of nitrogens with zero attached hydrogens (tertiary/aromatic N) is 1. The lowest BCUT2D eigenvalue weighted by molar-refractivity contribution is 0.0954. The van der Waals surface area contributed by atoms with E-state index in [0.717, 1.165) is 43.0 Å². The molecule has 0 saturated carbocycles. The zero-order valence-corrected chi connectivity index (χ0v) is 13.7.